The summed E-state index contributed by atoms with van der Waals surface area (Å²) in [6, 6.07) is 1.85. The molecule has 0 spiro atoms. The first-order valence-corrected chi connectivity index (χ1v) is 4.53. The monoisotopic (exact) mass is 198 g/mol. The highest BCUT2D eigenvalue weighted by Crippen LogP contribution is 2.25. The molecule has 1 rings (SSSR count). The first-order chi connectivity index (χ1) is 6.27. The van der Waals surface area contributed by atoms with Gasteiger partial charge < -0.3 is 9.47 Å². The fourth-order valence-electron chi connectivity index (χ4n) is 0.811. The van der Waals surface area contributed by atoms with E-state index < -0.39 is 0 Å². The van der Waals surface area contributed by atoms with Crippen LogP contribution in [0.4, 0.5) is 0 Å². The van der Waals surface area contributed by atoms with Crippen molar-refractivity contribution in [2.45, 2.75) is 0 Å². The summed E-state index contributed by atoms with van der Waals surface area (Å²) in [5.74, 6) is 0.403. The Hall–Kier alpha value is -1.29. The molecule has 0 aliphatic heterocycles. The van der Waals surface area contributed by atoms with Crippen molar-refractivity contribution in [2.24, 2.45) is 0 Å². The van der Waals surface area contributed by atoms with Crippen LogP contribution in [0.25, 0.3) is 6.08 Å². The van der Waals surface area contributed by atoms with Gasteiger partial charge in [0.1, 0.15) is 5.75 Å². The van der Waals surface area contributed by atoms with Crippen LogP contribution in [-0.4, -0.2) is 20.2 Å². The largest absolute Gasteiger partial charge is 0.495 e. The van der Waals surface area contributed by atoms with Gasteiger partial charge in [-0.2, -0.15) is 0 Å². The molecule has 0 aliphatic carbocycles. The maximum atomic E-state index is 10.8. The molecular formula is C9H10O3S. The molecule has 0 aromatic carbocycles. The van der Waals surface area contributed by atoms with Gasteiger partial charge in [-0.25, -0.2) is 4.79 Å². The summed E-state index contributed by atoms with van der Waals surface area (Å²) in [7, 11) is 2.94. The number of thiophene rings is 1. The van der Waals surface area contributed by atoms with Crippen molar-refractivity contribution in [3.8, 4) is 5.75 Å². The summed E-state index contributed by atoms with van der Waals surface area (Å²) >= 11 is 1.51. The lowest BCUT2D eigenvalue weighted by molar-refractivity contribution is -0.134. The molecule has 0 amide bonds. The summed E-state index contributed by atoms with van der Waals surface area (Å²) in [6.07, 6.45) is 3.05. The Kier molecular flexibility index (Phi) is 3.52. The van der Waals surface area contributed by atoms with Crippen LogP contribution >= 0.6 is 11.3 Å². The number of esters is 1. The maximum absolute atomic E-state index is 10.8. The van der Waals surface area contributed by atoms with E-state index >= 15 is 0 Å². The van der Waals surface area contributed by atoms with Crippen LogP contribution in [0.1, 0.15) is 4.88 Å². The molecule has 0 unspecified atom stereocenters. The van der Waals surface area contributed by atoms with Gasteiger partial charge in [0.25, 0.3) is 0 Å². The zero-order valence-corrected chi connectivity index (χ0v) is 8.26. The Balaban J connectivity index is 2.73. The Morgan fingerprint density at radius 3 is 2.92 bits per heavy atom. The van der Waals surface area contributed by atoms with Gasteiger partial charge in [-0.05, 0) is 17.5 Å². The Bertz CT molecular complexity index is 314. The number of methoxy groups -OCH3 is 2. The molecule has 0 N–H and O–H groups in total. The molecular weight excluding hydrogens is 188 g/mol. The van der Waals surface area contributed by atoms with Gasteiger partial charge in [-0.1, -0.05) is 0 Å². The van der Waals surface area contributed by atoms with Crippen molar-refractivity contribution >= 4 is 23.4 Å². The first kappa shape index (κ1) is 9.80. The van der Waals surface area contributed by atoms with Crippen LogP contribution in [0, 0.1) is 0 Å². The number of hydrogen-bond donors (Lipinski definition) is 0. The summed E-state index contributed by atoms with van der Waals surface area (Å²) in [4.78, 5) is 11.7. The van der Waals surface area contributed by atoms with E-state index in [2.05, 4.69) is 4.74 Å². The van der Waals surface area contributed by atoms with Crippen LogP contribution in [0.3, 0.4) is 0 Å². The third-order valence-electron chi connectivity index (χ3n) is 1.45. The number of ether oxygens (including phenoxy) is 2. The van der Waals surface area contributed by atoms with Gasteiger partial charge in [-0.15, -0.1) is 11.3 Å². The predicted octanol–water partition coefficient (Wildman–Crippen LogP) is 1.94. The highest BCUT2D eigenvalue weighted by atomic mass is 32.1. The van der Waals surface area contributed by atoms with Crippen molar-refractivity contribution in [1.82, 2.24) is 0 Å². The van der Waals surface area contributed by atoms with Crippen LogP contribution in [0.2, 0.25) is 0 Å². The lowest BCUT2D eigenvalue weighted by atomic mass is 10.4. The lowest BCUT2D eigenvalue weighted by Gasteiger charge is -1.95. The Labute approximate surface area is 80.6 Å². The minimum absolute atomic E-state index is 0.365. The molecule has 70 valence electrons. The van der Waals surface area contributed by atoms with Crippen molar-refractivity contribution in [3.63, 3.8) is 0 Å². The molecule has 0 bridgehead atoms. The van der Waals surface area contributed by atoms with Gasteiger partial charge in [0.2, 0.25) is 0 Å². The second-order valence-electron chi connectivity index (χ2n) is 2.21. The first-order valence-electron chi connectivity index (χ1n) is 3.65. The summed E-state index contributed by atoms with van der Waals surface area (Å²) < 4.78 is 9.52. The Morgan fingerprint density at radius 1 is 1.54 bits per heavy atom. The Morgan fingerprint density at radius 2 is 2.31 bits per heavy atom. The van der Waals surface area contributed by atoms with E-state index in [1.165, 1.54) is 24.5 Å². The van der Waals surface area contributed by atoms with Crippen LogP contribution in [-0.2, 0) is 9.53 Å². The molecule has 1 heterocycles. The molecule has 0 aliphatic rings. The molecule has 0 saturated carbocycles. The van der Waals surface area contributed by atoms with Crippen molar-refractivity contribution < 1.29 is 14.3 Å². The van der Waals surface area contributed by atoms with E-state index in [1.54, 1.807) is 13.2 Å². The SMILES string of the molecule is COC(=O)/C=C/c1sccc1OC. The summed E-state index contributed by atoms with van der Waals surface area (Å²) in [6.45, 7) is 0. The van der Waals surface area contributed by atoms with Crippen LogP contribution in [0.15, 0.2) is 17.5 Å². The standard InChI is InChI=1S/C9H10O3S/c1-11-7-5-6-13-8(7)3-4-9(10)12-2/h3-6H,1-2H3/b4-3+. The third kappa shape index (κ3) is 2.59. The number of carbonyl (C=O) groups is 1. The highest BCUT2D eigenvalue weighted by molar-refractivity contribution is 7.11. The van der Waals surface area contributed by atoms with Crippen LogP contribution in [0.5, 0.6) is 5.75 Å². The molecule has 0 saturated heterocycles. The van der Waals surface area contributed by atoms with E-state index in [9.17, 15) is 4.79 Å². The molecule has 0 fully saturated rings. The normalized spacial score (nSPS) is 10.3. The highest BCUT2D eigenvalue weighted by Gasteiger charge is 2.00. The molecule has 1 aromatic rings. The smallest absolute Gasteiger partial charge is 0.330 e. The molecule has 0 atom stereocenters. The van der Waals surface area contributed by atoms with Gasteiger partial charge >= 0.3 is 5.97 Å². The van der Waals surface area contributed by atoms with E-state index in [-0.39, 0.29) is 5.97 Å². The topological polar surface area (TPSA) is 35.5 Å². The zero-order valence-electron chi connectivity index (χ0n) is 7.44. The van der Waals surface area contributed by atoms with Crippen molar-refractivity contribution in [3.05, 3.63) is 22.4 Å². The maximum Gasteiger partial charge on any atom is 0.330 e. The minimum atomic E-state index is -0.365. The van der Waals surface area contributed by atoms with Gasteiger partial charge in [-0.3, -0.25) is 0 Å². The van der Waals surface area contributed by atoms with E-state index in [4.69, 9.17) is 4.74 Å². The van der Waals surface area contributed by atoms with Crippen molar-refractivity contribution in [2.75, 3.05) is 14.2 Å². The summed E-state index contributed by atoms with van der Waals surface area (Å²) in [5, 5.41) is 1.90. The average Bonchev–Trinajstić information content (AvgIpc) is 2.61. The second kappa shape index (κ2) is 4.67. The summed E-state index contributed by atoms with van der Waals surface area (Å²) in [5.41, 5.74) is 0. The number of hydrogen-bond acceptors (Lipinski definition) is 4. The van der Waals surface area contributed by atoms with E-state index in [0.717, 1.165) is 10.6 Å². The lowest BCUT2D eigenvalue weighted by Crippen LogP contribution is -1.93. The fourth-order valence-corrected chi connectivity index (χ4v) is 1.56. The van der Waals surface area contributed by atoms with Gasteiger partial charge in [0.05, 0.1) is 19.1 Å². The van der Waals surface area contributed by atoms with Crippen LogP contribution < -0.4 is 4.74 Å². The van der Waals surface area contributed by atoms with E-state index in [0.29, 0.717) is 0 Å². The third-order valence-corrected chi connectivity index (χ3v) is 2.31. The van der Waals surface area contributed by atoms with Gasteiger partial charge in [0, 0.05) is 6.08 Å². The number of carbonyl (C=O) groups excluding carboxylic acids is 1. The predicted molar refractivity (Wildman–Crippen MR) is 51.9 cm³/mol. The van der Waals surface area contributed by atoms with Crippen molar-refractivity contribution in [1.29, 1.82) is 0 Å². The molecule has 1 aromatic heterocycles. The quantitative estimate of drug-likeness (QED) is 0.550. The molecule has 0 radical (unpaired) electrons. The van der Waals surface area contributed by atoms with E-state index in [1.807, 2.05) is 11.4 Å². The molecule has 3 nitrogen and oxygen atoms in total. The number of rotatable bonds is 3. The fraction of sp³-hybridized carbons (Fsp3) is 0.222. The van der Waals surface area contributed by atoms with Gasteiger partial charge in [0.15, 0.2) is 0 Å². The minimum Gasteiger partial charge on any atom is -0.495 e. The average molecular weight is 198 g/mol. The second-order valence-corrected chi connectivity index (χ2v) is 3.16. The molecule has 4 heteroatoms. The molecule has 13 heavy (non-hydrogen) atoms. The zero-order chi connectivity index (χ0) is 9.68.